The molecule has 0 aromatic heterocycles. The van der Waals surface area contributed by atoms with E-state index >= 15 is 0 Å². The molecule has 3 N–H and O–H groups in total. The van der Waals surface area contributed by atoms with Gasteiger partial charge in [0.25, 0.3) is 0 Å². The van der Waals surface area contributed by atoms with Crippen molar-refractivity contribution in [2.75, 3.05) is 6.54 Å². The summed E-state index contributed by atoms with van der Waals surface area (Å²) in [4.78, 5) is 0. The first-order valence-electron chi connectivity index (χ1n) is 4.82. The highest BCUT2D eigenvalue weighted by Crippen LogP contribution is 2.15. The highest BCUT2D eigenvalue weighted by molar-refractivity contribution is 9.10. The normalized spacial score (nSPS) is 12.9. The van der Waals surface area contributed by atoms with Crippen molar-refractivity contribution in [3.8, 4) is 0 Å². The smallest absolute Gasteiger partial charge is 0.0211 e. The summed E-state index contributed by atoms with van der Waals surface area (Å²) in [5.74, 6) is 0. The Morgan fingerprint density at radius 3 is 2.79 bits per heavy atom. The predicted molar refractivity (Wildman–Crippen MR) is 64.2 cm³/mol. The average molecular weight is 257 g/mol. The standard InChI is InChI=1S/C11H17BrN2/c1-8-5-11(12)4-3-10(8)7-14-9(2)6-13/h3-5,9,14H,6-7,13H2,1-2H3/t9-/m1/s1. The Hall–Kier alpha value is -0.380. The Morgan fingerprint density at radius 1 is 1.50 bits per heavy atom. The third-order valence-electron chi connectivity index (χ3n) is 2.30. The molecular weight excluding hydrogens is 240 g/mol. The molecule has 1 atom stereocenters. The molecule has 0 amide bonds. The van der Waals surface area contributed by atoms with E-state index in [0.29, 0.717) is 12.6 Å². The van der Waals surface area contributed by atoms with Crippen molar-refractivity contribution in [2.24, 2.45) is 5.73 Å². The van der Waals surface area contributed by atoms with Crippen LogP contribution in [-0.4, -0.2) is 12.6 Å². The van der Waals surface area contributed by atoms with Crippen molar-refractivity contribution in [2.45, 2.75) is 26.4 Å². The van der Waals surface area contributed by atoms with E-state index in [-0.39, 0.29) is 0 Å². The maximum atomic E-state index is 5.53. The zero-order valence-corrected chi connectivity index (χ0v) is 10.3. The Balaban J connectivity index is 2.59. The SMILES string of the molecule is Cc1cc(Br)ccc1CN[C@H](C)CN. The lowest BCUT2D eigenvalue weighted by Crippen LogP contribution is -2.32. The van der Waals surface area contributed by atoms with Crippen molar-refractivity contribution in [3.63, 3.8) is 0 Å². The molecule has 1 rings (SSSR count). The lowest BCUT2D eigenvalue weighted by Gasteiger charge is -2.12. The summed E-state index contributed by atoms with van der Waals surface area (Å²) in [5, 5.41) is 3.37. The Bertz CT molecular complexity index is 299. The van der Waals surface area contributed by atoms with E-state index < -0.39 is 0 Å². The first kappa shape index (κ1) is 11.7. The number of hydrogen-bond acceptors (Lipinski definition) is 2. The van der Waals surface area contributed by atoms with Crippen LogP contribution in [0.5, 0.6) is 0 Å². The minimum Gasteiger partial charge on any atom is -0.329 e. The highest BCUT2D eigenvalue weighted by atomic mass is 79.9. The van der Waals surface area contributed by atoms with E-state index in [1.807, 2.05) is 0 Å². The van der Waals surface area contributed by atoms with Crippen LogP contribution in [0, 0.1) is 6.92 Å². The van der Waals surface area contributed by atoms with Crippen LogP contribution >= 0.6 is 15.9 Å². The van der Waals surface area contributed by atoms with Crippen LogP contribution in [0.3, 0.4) is 0 Å². The summed E-state index contributed by atoms with van der Waals surface area (Å²) in [5.41, 5.74) is 8.16. The summed E-state index contributed by atoms with van der Waals surface area (Å²) in [6.07, 6.45) is 0. The van der Waals surface area contributed by atoms with Crippen molar-refractivity contribution in [1.82, 2.24) is 5.32 Å². The number of halogens is 1. The average Bonchev–Trinajstić information content (AvgIpc) is 2.16. The molecule has 78 valence electrons. The number of rotatable bonds is 4. The van der Waals surface area contributed by atoms with Gasteiger partial charge >= 0.3 is 0 Å². The van der Waals surface area contributed by atoms with Crippen LogP contribution in [0.25, 0.3) is 0 Å². The second kappa shape index (κ2) is 5.49. The van der Waals surface area contributed by atoms with E-state index in [1.165, 1.54) is 11.1 Å². The molecule has 0 aliphatic carbocycles. The van der Waals surface area contributed by atoms with Gasteiger partial charge in [-0.15, -0.1) is 0 Å². The topological polar surface area (TPSA) is 38.0 Å². The number of aryl methyl sites for hydroxylation is 1. The van der Waals surface area contributed by atoms with E-state index in [2.05, 4.69) is 53.3 Å². The van der Waals surface area contributed by atoms with Crippen LogP contribution < -0.4 is 11.1 Å². The fourth-order valence-corrected chi connectivity index (χ4v) is 1.70. The van der Waals surface area contributed by atoms with Gasteiger partial charge in [-0.1, -0.05) is 22.0 Å². The van der Waals surface area contributed by atoms with Gasteiger partial charge in [-0.2, -0.15) is 0 Å². The third kappa shape index (κ3) is 3.40. The molecule has 0 aliphatic heterocycles. The summed E-state index contributed by atoms with van der Waals surface area (Å²) in [6, 6.07) is 6.70. The maximum Gasteiger partial charge on any atom is 0.0211 e. The van der Waals surface area contributed by atoms with Crippen LogP contribution in [0.4, 0.5) is 0 Å². The summed E-state index contributed by atoms with van der Waals surface area (Å²) in [6.45, 7) is 5.77. The van der Waals surface area contributed by atoms with E-state index in [0.717, 1.165) is 11.0 Å². The van der Waals surface area contributed by atoms with E-state index in [1.54, 1.807) is 0 Å². The van der Waals surface area contributed by atoms with Gasteiger partial charge in [0.05, 0.1) is 0 Å². The molecule has 14 heavy (non-hydrogen) atoms. The predicted octanol–water partition coefficient (Wildman–Crippen LogP) is 2.19. The molecule has 0 radical (unpaired) electrons. The molecule has 2 nitrogen and oxygen atoms in total. The molecule has 0 saturated carbocycles. The van der Waals surface area contributed by atoms with Crippen LogP contribution in [0.2, 0.25) is 0 Å². The number of nitrogens with one attached hydrogen (secondary N) is 1. The van der Waals surface area contributed by atoms with Crippen LogP contribution in [0.15, 0.2) is 22.7 Å². The fraction of sp³-hybridized carbons (Fsp3) is 0.455. The summed E-state index contributed by atoms with van der Waals surface area (Å²) < 4.78 is 1.13. The van der Waals surface area contributed by atoms with Gasteiger partial charge < -0.3 is 11.1 Å². The van der Waals surface area contributed by atoms with E-state index in [9.17, 15) is 0 Å². The van der Waals surface area contributed by atoms with Crippen LogP contribution in [0.1, 0.15) is 18.1 Å². The minimum atomic E-state index is 0.373. The molecule has 0 saturated heterocycles. The number of hydrogen-bond donors (Lipinski definition) is 2. The Kier molecular flexibility index (Phi) is 4.58. The van der Waals surface area contributed by atoms with E-state index in [4.69, 9.17) is 5.73 Å². The van der Waals surface area contributed by atoms with Gasteiger partial charge in [0, 0.05) is 23.6 Å². The second-order valence-electron chi connectivity index (χ2n) is 3.59. The van der Waals surface area contributed by atoms with Crippen molar-refractivity contribution in [1.29, 1.82) is 0 Å². The summed E-state index contributed by atoms with van der Waals surface area (Å²) >= 11 is 3.45. The summed E-state index contributed by atoms with van der Waals surface area (Å²) in [7, 11) is 0. The quantitative estimate of drug-likeness (QED) is 0.867. The zero-order valence-electron chi connectivity index (χ0n) is 8.68. The first-order valence-corrected chi connectivity index (χ1v) is 5.61. The molecule has 1 aromatic carbocycles. The van der Waals surface area contributed by atoms with Crippen LogP contribution in [-0.2, 0) is 6.54 Å². The lowest BCUT2D eigenvalue weighted by atomic mass is 10.1. The van der Waals surface area contributed by atoms with Crippen molar-refractivity contribution < 1.29 is 0 Å². The fourth-order valence-electron chi connectivity index (χ4n) is 1.23. The Morgan fingerprint density at radius 2 is 2.21 bits per heavy atom. The molecule has 3 heteroatoms. The minimum absolute atomic E-state index is 0.373. The Labute approximate surface area is 94.0 Å². The van der Waals surface area contributed by atoms with Crippen molar-refractivity contribution >= 4 is 15.9 Å². The molecule has 1 aromatic rings. The number of benzene rings is 1. The maximum absolute atomic E-state index is 5.53. The molecule has 0 bridgehead atoms. The molecule has 0 fully saturated rings. The van der Waals surface area contributed by atoms with Gasteiger partial charge in [0.15, 0.2) is 0 Å². The van der Waals surface area contributed by atoms with Gasteiger partial charge in [-0.05, 0) is 37.1 Å². The monoisotopic (exact) mass is 256 g/mol. The molecular formula is C11H17BrN2. The second-order valence-corrected chi connectivity index (χ2v) is 4.50. The molecule has 0 heterocycles. The third-order valence-corrected chi connectivity index (χ3v) is 2.79. The largest absolute Gasteiger partial charge is 0.329 e. The lowest BCUT2D eigenvalue weighted by molar-refractivity contribution is 0.555. The first-order chi connectivity index (χ1) is 6.63. The van der Waals surface area contributed by atoms with Gasteiger partial charge in [-0.3, -0.25) is 0 Å². The zero-order chi connectivity index (χ0) is 10.6. The highest BCUT2D eigenvalue weighted by Gasteiger charge is 2.01. The molecule has 0 spiro atoms. The van der Waals surface area contributed by atoms with Crippen molar-refractivity contribution in [3.05, 3.63) is 33.8 Å². The number of nitrogens with two attached hydrogens (primary N) is 1. The van der Waals surface area contributed by atoms with Gasteiger partial charge in [0.1, 0.15) is 0 Å². The molecule has 0 unspecified atom stereocenters. The molecule has 0 aliphatic rings. The van der Waals surface area contributed by atoms with Gasteiger partial charge in [-0.25, -0.2) is 0 Å². The van der Waals surface area contributed by atoms with Gasteiger partial charge in [0.2, 0.25) is 0 Å².